The minimum atomic E-state index is -1.38. The normalized spacial score (nSPS) is 15.5. The van der Waals surface area contributed by atoms with Crippen molar-refractivity contribution in [2.24, 2.45) is 11.7 Å². The molecule has 0 saturated carbocycles. The van der Waals surface area contributed by atoms with E-state index in [1.54, 1.807) is 15.4 Å². The first-order valence-corrected chi connectivity index (χ1v) is 11.6. The first kappa shape index (κ1) is 23.6. The molecule has 0 amide bonds. The van der Waals surface area contributed by atoms with Gasteiger partial charge in [0.25, 0.3) is 0 Å². The lowest BCUT2D eigenvalue weighted by Gasteiger charge is -2.25. The van der Waals surface area contributed by atoms with Gasteiger partial charge in [-0.25, -0.2) is 13.9 Å². The summed E-state index contributed by atoms with van der Waals surface area (Å²) in [5.74, 6) is -1.58. The van der Waals surface area contributed by atoms with E-state index in [9.17, 15) is 14.7 Å². The van der Waals surface area contributed by atoms with Gasteiger partial charge in [-0.3, -0.25) is 4.79 Å². The quantitative estimate of drug-likeness (QED) is 0.408. The number of carboxylic acid groups (broad SMARTS) is 1. The van der Waals surface area contributed by atoms with Crippen LogP contribution in [0.4, 0.5) is 10.1 Å². The SMILES string of the molecule is COc1c(N2CC[C@@H](CN)C2)c(F)cc2c(=O)c(C(=O)O)cn(Cc3ccc(-n4cccn4)cc3)c12. The third-order valence-electron chi connectivity index (χ3n) is 6.67. The Hall–Kier alpha value is -4.18. The number of carbonyl (C=O) groups is 1. The Morgan fingerprint density at radius 3 is 2.69 bits per heavy atom. The molecular weight excluding hydrogens is 465 g/mol. The molecular formula is C26H26FN5O4. The summed E-state index contributed by atoms with van der Waals surface area (Å²) in [5.41, 5.74) is 6.96. The third kappa shape index (κ3) is 4.09. The molecule has 0 spiro atoms. The van der Waals surface area contributed by atoms with Crippen molar-refractivity contribution >= 4 is 22.6 Å². The fraction of sp³-hybridized carbons (Fsp3) is 0.269. The van der Waals surface area contributed by atoms with Crippen molar-refractivity contribution in [3.8, 4) is 11.4 Å². The second-order valence-electron chi connectivity index (χ2n) is 8.89. The Kier molecular flexibility index (Phi) is 6.19. The number of hydrogen-bond acceptors (Lipinski definition) is 6. The molecule has 1 atom stereocenters. The van der Waals surface area contributed by atoms with Gasteiger partial charge in [-0.05, 0) is 48.7 Å². The van der Waals surface area contributed by atoms with Gasteiger partial charge >= 0.3 is 5.97 Å². The molecule has 2 aromatic heterocycles. The summed E-state index contributed by atoms with van der Waals surface area (Å²) >= 11 is 0. The zero-order valence-electron chi connectivity index (χ0n) is 19.7. The number of fused-ring (bicyclic) bond motifs is 1. The number of methoxy groups -OCH3 is 1. The molecule has 1 aliphatic heterocycles. The van der Waals surface area contributed by atoms with Crippen LogP contribution in [-0.2, 0) is 6.54 Å². The van der Waals surface area contributed by atoms with Crippen molar-refractivity contribution in [1.82, 2.24) is 14.3 Å². The van der Waals surface area contributed by atoms with Crippen LogP contribution < -0.4 is 20.8 Å². The number of anilines is 1. The largest absolute Gasteiger partial charge is 0.492 e. The number of nitrogens with two attached hydrogens (primary N) is 1. The Balaban J connectivity index is 1.67. The molecule has 0 bridgehead atoms. The number of ether oxygens (including phenoxy) is 1. The molecule has 0 unspecified atom stereocenters. The number of halogens is 1. The summed E-state index contributed by atoms with van der Waals surface area (Å²) in [4.78, 5) is 26.8. The maximum atomic E-state index is 15.4. The third-order valence-corrected chi connectivity index (χ3v) is 6.67. The Labute approximate surface area is 206 Å². The van der Waals surface area contributed by atoms with Gasteiger partial charge < -0.3 is 25.0 Å². The summed E-state index contributed by atoms with van der Waals surface area (Å²) in [6.07, 6.45) is 5.64. The van der Waals surface area contributed by atoms with Gasteiger partial charge in [0.15, 0.2) is 11.6 Å². The van der Waals surface area contributed by atoms with E-state index < -0.39 is 22.8 Å². The summed E-state index contributed by atoms with van der Waals surface area (Å²) in [7, 11) is 1.42. The molecule has 1 fully saturated rings. The molecule has 4 aromatic rings. The van der Waals surface area contributed by atoms with Crippen LogP contribution >= 0.6 is 0 Å². The highest BCUT2D eigenvalue weighted by Crippen LogP contribution is 2.40. The van der Waals surface area contributed by atoms with Crippen LogP contribution in [0.3, 0.4) is 0 Å². The molecule has 1 aliphatic rings. The topological polar surface area (TPSA) is 116 Å². The molecule has 1 saturated heterocycles. The standard InChI is InChI=1S/C26H26FN5O4/c1-36-25-22-19(11-21(27)23(25)30-10-7-17(12-28)14-30)24(33)20(26(34)35)15-31(22)13-16-3-5-18(6-4-16)32-9-2-8-29-32/h2-6,8-9,11,15,17H,7,10,12-14,28H2,1H3,(H,34,35)/t17-/m0/s1. The van der Waals surface area contributed by atoms with E-state index in [1.165, 1.54) is 13.3 Å². The second-order valence-corrected chi connectivity index (χ2v) is 8.89. The van der Waals surface area contributed by atoms with E-state index in [0.29, 0.717) is 25.2 Å². The Morgan fingerprint density at radius 1 is 1.31 bits per heavy atom. The average Bonchev–Trinajstić information content (AvgIpc) is 3.58. The highest BCUT2D eigenvalue weighted by atomic mass is 19.1. The minimum Gasteiger partial charge on any atom is -0.492 e. The van der Waals surface area contributed by atoms with E-state index in [0.717, 1.165) is 23.7 Å². The van der Waals surface area contributed by atoms with Crippen molar-refractivity contribution in [2.45, 2.75) is 13.0 Å². The number of nitrogens with zero attached hydrogens (tertiary/aromatic N) is 4. The van der Waals surface area contributed by atoms with Crippen LogP contribution in [0.25, 0.3) is 16.6 Å². The second kappa shape index (κ2) is 9.46. The Bertz CT molecular complexity index is 1480. The predicted molar refractivity (Wildman–Crippen MR) is 134 cm³/mol. The van der Waals surface area contributed by atoms with E-state index in [4.69, 9.17) is 10.5 Å². The average molecular weight is 492 g/mol. The lowest BCUT2D eigenvalue weighted by atomic mass is 10.1. The number of aromatic carboxylic acids is 1. The lowest BCUT2D eigenvalue weighted by Crippen LogP contribution is -2.25. The molecule has 10 heteroatoms. The van der Waals surface area contributed by atoms with Crippen LogP contribution in [0.2, 0.25) is 0 Å². The molecule has 186 valence electrons. The maximum absolute atomic E-state index is 15.4. The summed E-state index contributed by atoms with van der Waals surface area (Å²) in [5, 5.41) is 13.8. The first-order valence-electron chi connectivity index (χ1n) is 11.6. The van der Waals surface area contributed by atoms with Crippen molar-refractivity contribution in [1.29, 1.82) is 0 Å². The van der Waals surface area contributed by atoms with Crippen LogP contribution in [0, 0.1) is 11.7 Å². The predicted octanol–water partition coefficient (Wildman–Crippen LogP) is 2.87. The zero-order valence-corrected chi connectivity index (χ0v) is 19.7. The van der Waals surface area contributed by atoms with E-state index in [-0.39, 0.29) is 29.3 Å². The van der Waals surface area contributed by atoms with E-state index in [1.807, 2.05) is 41.4 Å². The van der Waals surface area contributed by atoms with Crippen LogP contribution in [0.1, 0.15) is 22.3 Å². The first-order chi connectivity index (χ1) is 17.4. The number of pyridine rings is 1. The molecule has 36 heavy (non-hydrogen) atoms. The monoisotopic (exact) mass is 491 g/mol. The van der Waals surface area contributed by atoms with Crippen molar-refractivity contribution in [3.63, 3.8) is 0 Å². The van der Waals surface area contributed by atoms with Crippen LogP contribution in [-0.4, -0.2) is 52.2 Å². The van der Waals surface area contributed by atoms with Crippen molar-refractivity contribution in [3.05, 3.63) is 82.2 Å². The van der Waals surface area contributed by atoms with Crippen molar-refractivity contribution in [2.75, 3.05) is 31.6 Å². The number of benzene rings is 2. The summed E-state index contributed by atoms with van der Waals surface area (Å²) < 4.78 is 24.5. The van der Waals surface area contributed by atoms with Gasteiger partial charge in [-0.1, -0.05) is 12.1 Å². The molecule has 3 heterocycles. The van der Waals surface area contributed by atoms with Crippen molar-refractivity contribution < 1.29 is 19.0 Å². The fourth-order valence-corrected chi connectivity index (χ4v) is 4.85. The van der Waals surface area contributed by atoms with Crippen LogP contribution in [0.5, 0.6) is 5.75 Å². The van der Waals surface area contributed by atoms with Gasteiger partial charge in [0, 0.05) is 38.2 Å². The molecule has 2 aromatic carbocycles. The van der Waals surface area contributed by atoms with Crippen LogP contribution in [0.15, 0.2) is 59.8 Å². The lowest BCUT2D eigenvalue weighted by molar-refractivity contribution is 0.0695. The minimum absolute atomic E-state index is 0.0456. The fourth-order valence-electron chi connectivity index (χ4n) is 4.85. The summed E-state index contributed by atoms with van der Waals surface area (Å²) in [6.45, 7) is 1.91. The van der Waals surface area contributed by atoms with Gasteiger partial charge in [-0.2, -0.15) is 5.10 Å². The molecule has 5 rings (SSSR count). The molecule has 9 nitrogen and oxygen atoms in total. The molecule has 0 radical (unpaired) electrons. The van der Waals surface area contributed by atoms with Gasteiger partial charge in [0.05, 0.1) is 23.7 Å². The number of hydrogen-bond donors (Lipinski definition) is 2. The Morgan fingerprint density at radius 2 is 2.08 bits per heavy atom. The summed E-state index contributed by atoms with van der Waals surface area (Å²) in [6, 6.07) is 10.5. The molecule has 3 N–H and O–H groups in total. The van der Waals surface area contributed by atoms with Gasteiger partial charge in [-0.15, -0.1) is 0 Å². The van der Waals surface area contributed by atoms with E-state index >= 15 is 4.39 Å². The van der Waals surface area contributed by atoms with E-state index in [2.05, 4.69) is 5.10 Å². The number of rotatable bonds is 7. The molecule has 0 aliphatic carbocycles. The van der Waals surface area contributed by atoms with Gasteiger partial charge in [0.2, 0.25) is 5.43 Å². The smallest absolute Gasteiger partial charge is 0.341 e. The highest BCUT2D eigenvalue weighted by molar-refractivity contribution is 5.97. The highest BCUT2D eigenvalue weighted by Gasteiger charge is 2.29. The van der Waals surface area contributed by atoms with Gasteiger partial charge in [0.1, 0.15) is 11.3 Å². The maximum Gasteiger partial charge on any atom is 0.341 e. The number of aromatic nitrogens is 3. The zero-order chi connectivity index (χ0) is 25.4. The number of carboxylic acids is 1.